The summed E-state index contributed by atoms with van der Waals surface area (Å²) < 4.78 is 0. The topological polar surface area (TPSA) is 94.5 Å². The average molecular weight is 287 g/mol. The van der Waals surface area contributed by atoms with Crippen molar-refractivity contribution in [2.24, 2.45) is 0 Å². The van der Waals surface area contributed by atoms with Crippen LogP contribution in [0.5, 0.6) is 0 Å². The summed E-state index contributed by atoms with van der Waals surface area (Å²) in [5.74, 6) is 0.908. The Bertz CT molecular complexity index is 605. The van der Waals surface area contributed by atoms with Crippen LogP contribution in [0.15, 0.2) is 35.5 Å². The molecule has 0 aliphatic carbocycles. The van der Waals surface area contributed by atoms with E-state index in [-0.39, 0.29) is 5.91 Å². The van der Waals surface area contributed by atoms with Gasteiger partial charge in [-0.05, 0) is 12.1 Å². The summed E-state index contributed by atoms with van der Waals surface area (Å²) in [6.45, 7) is 0.477. The van der Waals surface area contributed by atoms with Crippen LogP contribution in [-0.2, 0) is 6.42 Å². The second-order valence-corrected chi connectivity index (χ2v) is 4.90. The van der Waals surface area contributed by atoms with Crippen molar-refractivity contribution >= 4 is 17.7 Å². The van der Waals surface area contributed by atoms with Crippen molar-refractivity contribution in [2.45, 2.75) is 11.3 Å². The van der Waals surface area contributed by atoms with Crippen LogP contribution in [0, 0.1) is 11.3 Å². The van der Waals surface area contributed by atoms with Gasteiger partial charge >= 0.3 is 0 Å². The van der Waals surface area contributed by atoms with Crippen LogP contribution in [-0.4, -0.2) is 33.4 Å². The smallest absolute Gasteiger partial charge is 0.252 e. The normalized spacial score (nSPS) is 9.95. The number of benzene rings is 1. The summed E-state index contributed by atoms with van der Waals surface area (Å²) >= 11 is 1.36. The number of carbonyl (C=O) groups is 1. The first-order chi connectivity index (χ1) is 9.81. The fraction of sp³-hybridized carbons (Fsp3) is 0.231. The number of nitrogens with zero attached hydrogens (tertiary/aromatic N) is 3. The third kappa shape index (κ3) is 3.83. The molecule has 7 heteroatoms. The number of rotatable bonds is 6. The minimum Gasteiger partial charge on any atom is -0.352 e. The van der Waals surface area contributed by atoms with Crippen LogP contribution in [0.2, 0.25) is 0 Å². The first-order valence-electron chi connectivity index (χ1n) is 6.02. The summed E-state index contributed by atoms with van der Waals surface area (Å²) in [5.41, 5.74) is 0.588. The molecule has 20 heavy (non-hydrogen) atoms. The number of nitriles is 1. The van der Waals surface area contributed by atoms with Crippen LogP contribution in [0.1, 0.15) is 16.2 Å². The zero-order chi connectivity index (χ0) is 14.2. The molecule has 0 spiro atoms. The molecule has 0 unspecified atom stereocenters. The van der Waals surface area contributed by atoms with Crippen molar-refractivity contribution in [1.82, 2.24) is 20.5 Å². The monoisotopic (exact) mass is 287 g/mol. The molecular weight excluding hydrogens is 274 g/mol. The highest BCUT2D eigenvalue weighted by molar-refractivity contribution is 7.99. The van der Waals surface area contributed by atoms with Gasteiger partial charge in [0, 0.05) is 17.9 Å². The van der Waals surface area contributed by atoms with E-state index in [0.29, 0.717) is 24.3 Å². The zero-order valence-corrected chi connectivity index (χ0v) is 11.5. The average Bonchev–Trinajstić information content (AvgIpc) is 2.98. The lowest BCUT2D eigenvalue weighted by molar-refractivity contribution is 0.0951. The number of thioether (sulfide) groups is 1. The minimum atomic E-state index is -0.148. The highest BCUT2D eigenvalue weighted by atomic mass is 32.2. The van der Waals surface area contributed by atoms with Gasteiger partial charge in [-0.3, -0.25) is 9.89 Å². The molecule has 0 saturated carbocycles. The van der Waals surface area contributed by atoms with Gasteiger partial charge in [-0.1, -0.05) is 12.1 Å². The fourth-order valence-electron chi connectivity index (χ4n) is 1.63. The summed E-state index contributed by atoms with van der Waals surface area (Å²) in [4.78, 5) is 16.9. The van der Waals surface area contributed by atoms with E-state index in [4.69, 9.17) is 5.26 Å². The van der Waals surface area contributed by atoms with Gasteiger partial charge < -0.3 is 5.32 Å². The van der Waals surface area contributed by atoms with Crippen LogP contribution < -0.4 is 5.32 Å². The van der Waals surface area contributed by atoms with Gasteiger partial charge in [0.1, 0.15) is 12.2 Å². The molecule has 1 aromatic heterocycles. The van der Waals surface area contributed by atoms with Gasteiger partial charge in [0.2, 0.25) is 0 Å². The minimum absolute atomic E-state index is 0.148. The lowest BCUT2D eigenvalue weighted by Gasteiger charge is -2.08. The van der Waals surface area contributed by atoms with Gasteiger partial charge in [0.15, 0.2) is 0 Å². The summed E-state index contributed by atoms with van der Waals surface area (Å²) in [5, 5.41) is 17.9. The van der Waals surface area contributed by atoms with E-state index in [0.717, 1.165) is 10.7 Å². The van der Waals surface area contributed by atoms with Crippen LogP contribution >= 0.6 is 11.8 Å². The Morgan fingerprint density at radius 2 is 2.30 bits per heavy atom. The number of aromatic amines is 1. The van der Waals surface area contributed by atoms with Crippen LogP contribution in [0.3, 0.4) is 0 Å². The molecule has 2 aromatic rings. The zero-order valence-electron chi connectivity index (χ0n) is 10.7. The second-order valence-electron chi connectivity index (χ2n) is 3.88. The number of amides is 1. The maximum Gasteiger partial charge on any atom is 0.252 e. The maximum atomic E-state index is 12.1. The third-order valence-electron chi connectivity index (χ3n) is 2.54. The fourth-order valence-corrected chi connectivity index (χ4v) is 2.34. The molecule has 2 N–H and O–H groups in total. The molecule has 0 radical (unpaired) electrons. The molecule has 1 aromatic carbocycles. The lowest BCUT2D eigenvalue weighted by Crippen LogP contribution is -2.26. The number of hydrogen-bond donors (Lipinski definition) is 2. The van der Waals surface area contributed by atoms with E-state index in [1.807, 2.05) is 18.2 Å². The van der Waals surface area contributed by atoms with Crippen molar-refractivity contribution in [3.63, 3.8) is 0 Å². The molecule has 0 bridgehead atoms. The number of H-pyrrole nitrogens is 1. The number of nitrogens with one attached hydrogen (secondary N) is 2. The SMILES string of the molecule is N#CCSc1ccccc1C(=O)NCCc1ncn[nH]1. The predicted molar refractivity (Wildman–Crippen MR) is 75.2 cm³/mol. The molecule has 0 fully saturated rings. The van der Waals surface area contributed by atoms with Crippen LogP contribution in [0.25, 0.3) is 0 Å². The first kappa shape index (κ1) is 14.1. The van der Waals surface area contributed by atoms with Gasteiger partial charge in [-0.25, -0.2) is 4.98 Å². The molecule has 0 saturated heterocycles. The molecule has 6 nitrogen and oxygen atoms in total. The molecule has 0 aliphatic rings. The Hall–Kier alpha value is -2.33. The van der Waals surface area contributed by atoms with Crippen molar-refractivity contribution < 1.29 is 4.79 Å². The number of hydrogen-bond acceptors (Lipinski definition) is 5. The van der Waals surface area contributed by atoms with Gasteiger partial charge in [-0.15, -0.1) is 11.8 Å². The van der Waals surface area contributed by atoms with Crippen molar-refractivity contribution in [3.8, 4) is 6.07 Å². The Balaban J connectivity index is 1.93. The predicted octanol–water partition coefficient (Wildman–Crippen LogP) is 1.39. The molecule has 1 amide bonds. The van der Waals surface area contributed by atoms with E-state index >= 15 is 0 Å². The van der Waals surface area contributed by atoms with Crippen molar-refractivity contribution in [2.75, 3.05) is 12.3 Å². The Morgan fingerprint density at radius 3 is 3.05 bits per heavy atom. The first-order valence-corrected chi connectivity index (χ1v) is 7.01. The van der Waals surface area contributed by atoms with E-state index in [1.165, 1.54) is 18.1 Å². The van der Waals surface area contributed by atoms with Gasteiger partial charge in [0.25, 0.3) is 5.91 Å². The van der Waals surface area contributed by atoms with Crippen molar-refractivity contribution in [1.29, 1.82) is 5.26 Å². The van der Waals surface area contributed by atoms with E-state index in [9.17, 15) is 4.79 Å². The molecule has 102 valence electrons. The van der Waals surface area contributed by atoms with E-state index in [1.54, 1.807) is 6.07 Å². The largest absolute Gasteiger partial charge is 0.352 e. The second kappa shape index (κ2) is 7.31. The third-order valence-corrected chi connectivity index (χ3v) is 3.48. The molecule has 1 heterocycles. The molecule has 0 aliphatic heterocycles. The maximum absolute atomic E-state index is 12.1. The highest BCUT2D eigenvalue weighted by Crippen LogP contribution is 2.21. The van der Waals surface area contributed by atoms with E-state index in [2.05, 4.69) is 26.6 Å². The molecule has 2 rings (SSSR count). The van der Waals surface area contributed by atoms with Crippen LogP contribution in [0.4, 0.5) is 0 Å². The molecular formula is C13H13N5OS. The van der Waals surface area contributed by atoms with Gasteiger partial charge in [0.05, 0.1) is 17.4 Å². The number of aromatic nitrogens is 3. The lowest BCUT2D eigenvalue weighted by atomic mass is 10.2. The Morgan fingerprint density at radius 1 is 1.45 bits per heavy atom. The summed E-state index contributed by atoms with van der Waals surface area (Å²) in [7, 11) is 0. The van der Waals surface area contributed by atoms with Crippen molar-refractivity contribution in [3.05, 3.63) is 42.0 Å². The highest BCUT2D eigenvalue weighted by Gasteiger charge is 2.10. The molecule has 0 atom stereocenters. The Kier molecular flexibility index (Phi) is 5.15. The number of carbonyl (C=O) groups excluding carboxylic acids is 1. The summed E-state index contributed by atoms with van der Waals surface area (Å²) in [6, 6.07) is 9.31. The van der Waals surface area contributed by atoms with Gasteiger partial charge in [-0.2, -0.15) is 10.4 Å². The summed E-state index contributed by atoms with van der Waals surface area (Å²) in [6.07, 6.45) is 2.03. The standard InChI is InChI=1S/C13H13N5OS/c14-6-8-20-11-4-2-1-3-10(11)13(19)15-7-5-12-16-9-17-18-12/h1-4,9H,5,7-8H2,(H,15,19)(H,16,17,18). The quantitative estimate of drug-likeness (QED) is 0.783. The Labute approximate surface area is 120 Å². The van der Waals surface area contributed by atoms with E-state index < -0.39 is 0 Å².